The van der Waals surface area contributed by atoms with Gasteiger partial charge in [0, 0.05) is 21.4 Å². The highest BCUT2D eigenvalue weighted by atomic mass is 79.9. The lowest BCUT2D eigenvalue weighted by Crippen LogP contribution is -2.07. The number of fused-ring (bicyclic) bond motifs is 3. The van der Waals surface area contributed by atoms with E-state index in [9.17, 15) is 4.79 Å². The minimum absolute atomic E-state index is 0.367. The molecule has 118 valence electrons. The van der Waals surface area contributed by atoms with Gasteiger partial charge in [-0.15, -0.1) is 0 Å². The number of para-hydroxylation sites is 1. The van der Waals surface area contributed by atoms with Crippen molar-refractivity contribution in [2.24, 2.45) is 0 Å². The molecular weight excluding hydrogens is 368 g/mol. The monoisotopic (exact) mass is 380 g/mol. The van der Waals surface area contributed by atoms with E-state index in [0.29, 0.717) is 5.56 Å². The second-order valence-electron chi connectivity index (χ2n) is 5.38. The molecule has 0 amide bonds. The Morgan fingerprint density at radius 2 is 1.92 bits per heavy atom. The van der Waals surface area contributed by atoms with Crippen LogP contribution in [-0.2, 0) is 4.74 Å². The number of rotatable bonds is 2. The highest BCUT2D eigenvalue weighted by Crippen LogP contribution is 2.33. The van der Waals surface area contributed by atoms with Crippen LogP contribution in [0.1, 0.15) is 10.4 Å². The maximum absolute atomic E-state index is 12.2. The van der Waals surface area contributed by atoms with Gasteiger partial charge >= 0.3 is 5.97 Å². The third kappa shape index (κ3) is 2.20. The van der Waals surface area contributed by atoms with Crippen LogP contribution in [0.3, 0.4) is 0 Å². The molecule has 4 aromatic rings. The topological polar surface area (TPSA) is 44.1 Å². The van der Waals surface area contributed by atoms with Gasteiger partial charge in [0.15, 0.2) is 0 Å². The standard InChI is InChI=1S/C19H13BrN2O2/c1-24-19(23)14-5-2-3-7-16(14)22-17-9-8-12(20)11-15(17)13-6-4-10-21-18(13)22/h2-11H,1H3. The third-order valence-electron chi connectivity index (χ3n) is 4.04. The van der Waals surface area contributed by atoms with E-state index < -0.39 is 0 Å². The zero-order valence-corrected chi connectivity index (χ0v) is 14.4. The Kier molecular flexibility index (Phi) is 3.58. The van der Waals surface area contributed by atoms with Crippen LogP contribution in [0.25, 0.3) is 27.6 Å². The fraction of sp³-hybridized carbons (Fsp3) is 0.0526. The van der Waals surface area contributed by atoms with Crippen molar-refractivity contribution < 1.29 is 9.53 Å². The zero-order valence-electron chi connectivity index (χ0n) is 12.9. The Hall–Kier alpha value is -2.66. The van der Waals surface area contributed by atoms with Crippen LogP contribution in [-0.4, -0.2) is 22.6 Å². The van der Waals surface area contributed by atoms with Crippen molar-refractivity contribution in [1.82, 2.24) is 9.55 Å². The average molecular weight is 381 g/mol. The Labute approximate surface area is 146 Å². The first kappa shape index (κ1) is 14.9. The number of hydrogen-bond acceptors (Lipinski definition) is 3. The first-order valence-corrected chi connectivity index (χ1v) is 8.22. The van der Waals surface area contributed by atoms with E-state index in [-0.39, 0.29) is 5.97 Å². The molecule has 0 N–H and O–H groups in total. The number of pyridine rings is 1. The quantitative estimate of drug-likeness (QED) is 0.472. The van der Waals surface area contributed by atoms with Gasteiger partial charge in [0.25, 0.3) is 0 Å². The van der Waals surface area contributed by atoms with Crippen molar-refractivity contribution in [3.8, 4) is 5.69 Å². The van der Waals surface area contributed by atoms with Crippen LogP contribution in [0.4, 0.5) is 0 Å². The SMILES string of the molecule is COC(=O)c1ccccc1-n1c2ccc(Br)cc2c2cccnc21. The first-order valence-electron chi connectivity index (χ1n) is 7.43. The Morgan fingerprint density at radius 3 is 2.75 bits per heavy atom. The van der Waals surface area contributed by atoms with Crippen LogP contribution in [0.5, 0.6) is 0 Å². The lowest BCUT2D eigenvalue weighted by molar-refractivity contribution is 0.0601. The molecule has 0 saturated carbocycles. The molecule has 0 aliphatic carbocycles. The minimum atomic E-state index is -0.367. The molecule has 2 heterocycles. The number of aromatic nitrogens is 2. The Morgan fingerprint density at radius 1 is 1.08 bits per heavy atom. The van der Waals surface area contributed by atoms with Gasteiger partial charge in [-0.05, 0) is 42.5 Å². The number of benzene rings is 2. The largest absolute Gasteiger partial charge is 0.465 e. The molecule has 24 heavy (non-hydrogen) atoms. The van der Waals surface area contributed by atoms with Crippen molar-refractivity contribution in [3.63, 3.8) is 0 Å². The maximum atomic E-state index is 12.2. The summed E-state index contributed by atoms with van der Waals surface area (Å²) in [5, 5.41) is 2.11. The summed E-state index contributed by atoms with van der Waals surface area (Å²) < 4.78 is 7.94. The van der Waals surface area contributed by atoms with Crippen LogP contribution in [0, 0.1) is 0 Å². The number of carbonyl (C=O) groups is 1. The normalized spacial score (nSPS) is 11.1. The number of nitrogens with zero attached hydrogens (tertiary/aromatic N) is 2. The van der Waals surface area contributed by atoms with Crippen molar-refractivity contribution in [2.75, 3.05) is 7.11 Å². The number of ether oxygens (including phenoxy) is 1. The summed E-state index contributed by atoms with van der Waals surface area (Å²) in [5.74, 6) is -0.367. The molecule has 4 nitrogen and oxygen atoms in total. The molecule has 0 saturated heterocycles. The zero-order chi connectivity index (χ0) is 16.7. The molecule has 2 aromatic heterocycles. The molecule has 0 aliphatic heterocycles. The van der Waals surface area contributed by atoms with Gasteiger partial charge in [0.2, 0.25) is 0 Å². The van der Waals surface area contributed by atoms with Gasteiger partial charge in [-0.2, -0.15) is 0 Å². The maximum Gasteiger partial charge on any atom is 0.339 e. The summed E-state index contributed by atoms with van der Waals surface area (Å²) in [6, 6.07) is 17.4. The van der Waals surface area contributed by atoms with Crippen molar-refractivity contribution in [1.29, 1.82) is 0 Å². The molecule has 4 rings (SSSR count). The number of hydrogen-bond donors (Lipinski definition) is 0. The van der Waals surface area contributed by atoms with Gasteiger partial charge < -0.3 is 4.74 Å². The van der Waals surface area contributed by atoms with E-state index in [1.807, 2.05) is 47.0 Å². The molecule has 0 unspecified atom stereocenters. The summed E-state index contributed by atoms with van der Waals surface area (Å²) in [6.07, 6.45) is 1.76. The van der Waals surface area contributed by atoms with Crippen molar-refractivity contribution >= 4 is 43.8 Å². The number of carbonyl (C=O) groups excluding carboxylic acids is 1. The molecule has 0 spiro atoms. The van der Waals surface area contributed by atoms with E-state index in [0.717, 1.165) is 32.1 Å². The molecule has 0 fully saturated rings. The molecule has 0 bridgehead atoms. The lowest BCUT2D eigenvalue weighted by atomic mass is 10.1. The van der Waals surface area contributed by atoms with E-state index in [4.69, 9.17) is 4.74 Å². The molecule has 0 radical (unpaired) electrons. The second kappa shape index (κ2) is 5.76. The Balaban J connectivity index is 2.16. The summed E-state index contributed by atoms with van der Waals surface area (Å²) >= 11 is 3.53. The van der Waals surface area contributed by atoms with E-state index in [1.165, 1.54) is 7.11 Å². The predicted molar refractivity (Wildman–Crippen MR) is 97.6 cm³/mol. The molecule has 0 atom stereocenters. The predicted octanol–water partition coefficient (Wildman–Crippen LogP) is 4.73. The highest BCUT2D eigenvalue weighted by Gasteiger charge is 2.18. The minimum Gasteiger partial charge on any atom is -0.465 e. The molecule has 5 heteroatoms. The average Bonchev–Trinajstić information content (AvgIpc) is 2.94. The summed E-state index contributed by atoms with van der Waals surface area (Å²) in [6.45, 7) is 0. The fourth-order valence-electron chi connectivity index (χ4n) is 3.01. The van der Waals surface area contributed by atoms with Crippen molar-refractivity contribution in [2.45, 2.75) is 0 Å². The van der Waals surface area contributed by atoms with Crippen LogP contribution in [0.15, 0.2) is 65.3 Å². The van der Waals surface area contributed by atoms with Gasteiger partial charge in [0.1, 0.15) is 5.65 Å². The Bertz CT molecular complexity index is 1090. The van der Waals surface area contributed by atoms with E-state index in [2.05, 4.69) is 27.0 Å². The highest BCUT2D eigenvalue weighted by molar-refractivity contribution is 9.10. The number of methoxy groups -OCH3 is 1. The molecular formula is C19H13BrN2O2. The second-order valence-corrected chi connectivity index (χ2v) is 6.30. The van der Waals surface area contributed by atoms with Crippen molar-refractivity contribution in [3.05, 3.63) is 70.8 Å². The van der Waals surface area contributed by atoms with Gasteiger partial charge in [-0.25, -0.2) is 9.78 Å². The fourth-order valence-corrected chi connectivity index (χ4v) is 3.37. The van der Waals surface area contributed by atoms with E-state index >= 15 is 0 Å². The summed E-state index contributed by atoms with van der Waals surface area (Å²) in [7, 11) is 1.39. The van der Waals surface area contributed by atoms with Crippen LogP contribution < -0.4 is 0 Å². The van der Waals surface area contributed by atoms with Crippen LogP contribution >= 0.6 is 15.9 Å². The number of halogens is 1. The first-order chi connectivity index (χ1) is 11.7. The van der Waals surface area contributed by atoms with Gasteiger partial charge in [0.05, 0.1) is 23.9 Å². The molecule has 0 aliphatic rings. The summed E-state index contributed by atoms with van der Waals surface area (Å²) in [4.78, 5) is 16.7. The van der Waals surface area contributed by atoms with Gasteiger partial charge in [-0.1, -0.05) is 28.1 Å². The third-order valence-corrected chi connectivity index (χ3v) is 4.53. The lowest BCUT2D eigenvalue weighted by Gasteiger charge is -2.11. The van der Waals surface area contributed by atoms with Crippen LogP contribution in [0.2, 0.25) is 0 Å². The smallest absolute Gasteiger partial charge is 0.339 e. The summed E-state index contributed by atoms with van der Waals surface area (Å²) in [5.41, 5.74) is 3.06. The molecule has 2 aromatic carbocycles. The van der Waals surface area contributed by atoms with E-state index in [1.54, 1.807) is 12.3 Å². The number of esters is 1. The van der Waals surface area contributed by atoms with Gasteiger partial charge in [-0.3, -0.25) is 4.57 Å².